The molecule has 0 spiro atoms. The van der Waals surface area contributed by atoms with Crippen LogP contribution in [0, 0.1) is 0 Å². The van der Waals surface area contributed by atoms with Gasteiger partial charge in [-0.1, -0.05) is 23.7 Å². The number of benzene rings is 2. The average molecular weight is 396 g/mol. The van der Waals surface area contributed by atoms with Gasteiger partial charge >= 0.3 is 0 Å². The van der Waals surface area contributed by atoms with Crippen molar-refractivity contribution < 1.29 is 13.2 Å². The van der Waals surface area contributed by atoms with E-state index < -0.39 is 10.0 Å². The Bertz CT molecular complexity index is 835. The van der Waals surface area contributed by atoms with Gasteiger partial charge in [0, 0.05) is 30.2 Å². The highest BCUT2D eigenvalue weighted by atomic mass is 35.5. The van der Waals surface area contributed by atoms with E-state index in [9.17, 15) is 13.2 Å². The fourth-order valence-corrected chi connectivity index (χ4v) is 3.31. The molecule has 2 rings (SSSR count). The number of hydrogen-bond donors (Lipinski definition) is 2. The lowest BCUT2D eigenvalue weighted by Crippen LogP contribution is -2.31. The molecule has 0 heterocycles. The number of hydrogen-bond acceptors (Lipinski definition) is 4. The van der Waals surface area contributed by atoms with Crippen molar-refractivity contribution in [3.05, 3.63) is 64.7 Å². The van der Waals surface area contributed by atoms with Gasteiger partial charge in [0.25, 0.3) is 5.91 Å². The van der Waals surface area contributed by atoms with E-state index in [1.54, 1.807) is 12.1 Å². The van der Waals surface area contributed by atoms with Gasteiger partial charge in [0.05, 0.1) is 4.90 Å². The number of nitrogens with one attached hydrogen (secondary N) is 2. The zero-order chi connectivity index (χ0) is 19.2. The second kappa shape index (κ2) is 9.14. The SMILES string of the molecule is CN(C)CCNS(=O)(=O)c1ccc(C(=O)NCc2ccc(Cl)cc2)cc1. The molecule has 26 heavy (non-hydrogen) atoms. The molecule has 2 N–H and O–H groups in total. The predicted octanol–water partition coefficient (Wildman–Crippen LogP) is 2.11. The quantitative estimate of drug-likeness (QED) is 0.717. The van der Waals surface area contributed by atoms with Gasteiger partial charge in [-0.15, -0.1) is 0 Å². The third kappa shape index (κ3) is 6.10. The maximum Gasteiger partial charge on any atom is 0.251 e. The second-order valence-corrected chi connectivity index (χ2v) is 8.24. The summed E-state index contributed by atoms with van der Waals surface area (Å²) in [6, 6.07) is 13.0. The zero-order valence-electron chi connectivity index (χ0n) is 14.7. The van der Waals surface area contributed by atoms with E-state index in [0.717, 1.165) is 5.56 Å². The number of carbonyl (C=O) groups is 1. The van der Waals surface area contributed by atoms with Crippen LogP contribution in [0.25, 0.3) is 0 Å². The molecule has 1 amide bonds. The summed E-state index contributed by atoms with van der Waals surface area (Å²) >= 11 is 5.83. The van der Waals surface area contributed by atoms with Gasteiger partial charge in [-0.05, 0) is 56.1 Å². The van der Waals surface area contributed by atoms with Crippen LogP contribution >= 0.6 is 11.6 Å². The summed E-state index contributed by atoms with van der Waals surface area (Å²) in [6.45, 7) is 1.28. The largest absolute Gasteiger partial charge is 0.348 e. The number of carbonyl (C=O) groups excluding carboxylic acids is 1. The van der Waals surface area contributed by atoms with Gasteiger partial charge in [0.2, 0.25) is 10.0 Å². The van der Waals surface area contributed by atoms with E-state index in [2.05, 4.69) is 10.0 Å². The molecule has 0 bridgehead atoms. The molecule has 0 saturated heterocycles. The monoisotopic (exact) mass is 395 g/mol. The third-order valence-electron chi connectivity index (χ3n) is 3.64. The Hall–Kier alpha value is -1.93. The molecule has 0 aliphatic carbocycles. The topological polar surface area (TPSA) is 78.5 Å². The Morgan fingerprint density at radius 3 is 2.23 bits per heavy atom. The van der Waals surface area contributed by atoms with Crippen LogP contribution in [0.2, 0.25) is 5.02 Å². The van der Waals surface area contributed by atoms with E-state index in [-0.39, 0.29) is 10.8 Å². The average Bonchev–Trinajstić information content (AvgIpc) is 2.60. The number of rotatable bonds is 8. The Morgan fingerprint density at radius 1 is 1.04 bits per heavy atom. The molecule has 0 aliphatic heterocycles. The third-order valence-corrected chi connectivity index (χ3v) is 5.37. The first-order valence-electron chi connectivity index (χ1n) is 8.05. The zero-order valence-corrected chi connectivity index (χ0v) is 16.3. The van der Waals surface area contributed by atoms with Gasteiger partial charge in [-0.3, -0.25) is 4.79 Å². The van der Waals surface area contributed by atoms with Gasteiger partial charge in [-0.2, -0.15) is 0 Å². The molecular formula is C18H22ClN3O3S. The maximum absolute atomic E-state index is 12.2. The minimum Gasteiger partial charge on any atom is -0.348 e. The molecule has 0 atom stereocenters. The van der Waals surface area contributed by atoms with Crippen molar-refractivity contribution in [2.45, 2.75) is 11.4 Å². The van der Waals surface area contributed by atoms with Gasteiger partial charge in [0.1, 0.15) is 0 Å². The smallest absolute Gasteiger partial charge is 0.251 e. The second-order valence-electron chi connectivity index (χ2n) is 6.03. The number of nitrogens with zero attached hydrogens (tertiary/aromatic N) is 1. The molecule has 0 aliphatic rings. The minimum atomic E-state index is -3.58. The molecule has 0 saturated carbocycles. The summed E-state index contributed by atoms with van der Waals surface area (Å²) < 4.78 is 26.9. The van der Waals surface area contributed by atoms with Gasteiger partial charge in [-0.25, -0.2) is 13.1 Å². The Balaban J connectivity index is 1.95. The van der Waals surface area contributed by atoms with Crippen LogP contribution in [-0.2, 0) is 16.6 Å². The lowest BCUT2D eigenvalue weighted by atomic mass is 10.2. The highest BCUT2D eigenvalue weighted by molar-refractivity contribution is 7.89. The molecular weight excluding hydrogens is 374 g/mol. The van der Waals surface area contributed by atoms with E-state index in [1.165, 1.54) is 24.3 Å². The molecule has 8 heteroatoms. The van der Waals surface area contributed by atoms with Crippen LogP contribution in [-0.4, -0.2) is 46.4 Å². The molecule has 2 aromatic carbocycles. The maximum atomic E-state index is 12.2. The first kappa shape index (κ1) is 20.4. The van der Waals surface area contributed by atoms with Crippen LogP contribution in [0.15, 0.2) is 53.4 Å². The molecule has 6 nitrogen and oxygen atoms in total. The summed E-state index contributed by atoms with van der Waals surface area (Å²) in [7, 11) is 0.155. The first-order valence-corrected chi connectivity index (χ1v) is 9.91. The number of amides is 1. The van der Waals surface area contributed by atoms with Crippen LogP contribution in [0.5, 0.6) is 0 Å². The Morgan fingerprint density at radius 2 is 1.65 bits per heavy atom. The molecule has 0 aromatic heterocycles. The predicted molar refractivity (Wildman–Crippen MR) is 103 cm³/mol. The fourth-order valence-electron chi connectivity index (χ4n) is 2.16. The summed E-state index contributed by atoms with van der Waals surface area (Å²) in [6.07, 6.45) is 0. The highest BCUT2D eigenvalue weighted by Crippen LogP contribution is 2.12. The number of sulfonamides is 1. The van der Waals surface area contributed by atoms with Crippen molar-refractivity contribution >= 4 is 27.5 Å². The Labute approximate surface area is 159 Å². The standard InChI is InChI=1S/C18H22ClN3O3S/c1-22(2)12-11-21-26(24,25)17-9-5-15(6-10-17)18(23)20-13-14-3-7-16(19)8-4-14/h3-10,21H,11-13H2,1-2H3,(H,20,23). The van der Waals surface area contributed by atoms with Crippen LogP contribution in [0.3, 0.4) is 0 Å². The molecule has 0 unspecified atom stereocenters. The van der Waals surface area contributed by atoms with Crippen molar-refractivity contribution in [1.29, 1.82) is 0 Å². The normalized spacial score (nSPS) is 11.5. The number of halogens is 1. The number of likely N-dealkylation sites (N-methyl/N-ethyl adjacent to an activating group) is 1. The molecule has 0 radical (unpaired) electrons. The van der Waals surface area contributed by atoms with Crippen molar-refractivity contribution in [2.24, 2.45) is 0 Å². The first-order chi connectivity index (χ1) is 12.3. The summed E-state index contributed by atoms with van der Waals surface area (Å²) in [5, 5.41) is 3.42. The highest BCUT2D eigenvalue weighted by Gasteiger charge is 2.14. The van der Waals surface area contributed by atoms with Crippen molar-refractivity contribution in [3.8, 4) is 0 Å². The van der Waals surface area contributed by atoms with Crippen LogP contribution in [0.4, 0.5) is 0 Å². The Kier molecular flexibility index (Phi) is 7.16. The molecule has 0 fully saturated rings. The lowest BCUT2D eigenvalue weighted by Gasteiger charge is -2.11. The fraction of sp³-hybridized carbons (Fsp3) is 0.278. The van der Waals surface area contributed by atoms with Crippen molar-refractivity contribution in [3.63, 3.8) is 0 Å². The summed E-state index contributed by atoms with van der Waals surface area (Å²) in [5.41, 5.74) is 1.32. The minimum absolute atomic E-state index is 0.130. The van der Waals surface area contributed by atoms with Crippen LogP contribution in [0.1, 0.15) is 15.9 Å². The van der Waals surface area contributed by atoms with E-state index in [4.69, 9.17) is 11.6 Å². The van der Waals surface area contributed by atoms with Gasteiger partial charge < -0.3 is 10.2 Å². The molecule has 140 valence electrons. The lowest BCUT2D eigenvalue weighted by molar-refractivity contribution is 0.0951. The van der Waals surface area contributed by atoms with E-state index >= 15 is 0 Å². The van der Waals surface area contributed by atoms with Gasteiger partial charge in [0.15, 0.2) is 0 Å². The van der Waals surface area contributed by atoms with E-state index in [1.807, 2.05) is 31.1 Å². The summed E-state index contributed by atoms with van der Waals surface area (Å²) in [4.78, 5) is 14.2. The van der Waals surface area contributed by atoms with Crippen molar-refractivity contribution in [1.82, 2.24) is 14.9 Å². The van der Waals surface area contributed by atoms with Crippen molar-refractivity contribution in [2.75, 3.05) is 27.2 Å². The summed E-state index contributed by atoms with van der Waals surface area (Å²) in [5.74, 6) is -0.274. The van der Waals surface area contributed by atoms with Crippen LogP contribution < -0.4 is 10.0 Å². The van der Waals surface area contributed by atoms with E-state index in [0.29, 0.717) is 30.2 Å². The molecule has 2 aromatic rings.